The Morgan fingerprint density at radius 1 is 1.21 bits per heavy atom. The molecule has 2 rings (SSSR count). The van der Waals surface area contributed by atoms with Crippen molar-refractivity contribution < 1.29 is 4.74 Å². The summed E-state index contributed by atoms with van der Waals surface area (Å²) in [5, 5.41) is 3.51. The highest BCUT2D eigenvalue weighted by molar-refractivity contribution is 5.43. The van der Waals surface area contributed by atoms with E-state index < -0.39 is 0 Å². The molecule has 1 unspecified atom stereocenters. The average molecular weight is 256 g/mol. The van der Waals surface area contributed by atoms with Crippen LogP contribution >= 0.6 is 0 Å². The first-order chi connectivity index (χ1) is 9.26. The van der Waals surface area contributed by atoms with Gasteiger partial charge in [-0.3, -0.25) is 4.98 Å². The molecule has 3 nitrogen and oxygen atoms in total. The molecule has 3 heteroatoms. The summed E-state index contributed by atoms with van der Waals surface area (Å²) in [6.07, 6.45) is 3.64. The van der Waals surface area contributed by atoms with Crippen LogP contribution in [0.1, 0.15) is 29.7 Å². The molecule has 0 saturated heterocycles. The molecule has 1 atom stereocenters. The van der Waals surface area contributed by atoms with E-state index in [-0.39, 0.29) is 6.04 Å². The molecule has 2 aromatic rings. The molecule has 100 valence electrons. The van der Waals surface area contributed by atoms with Gasteiger partial charge in [-0.15, -0.1) is 0 Å². The Balaban J connectivity index is 2.47. The van der Waals surface area contributed by atoms with Crippen molar-refractivity contribution in [1.29, 1.82) is 0 Å². The minimum Gasteiger partial charge on any atom is -0.496 e. The van der Waals surface area contributed by atoms with Gasteiger partial charge in [-0.25, -0.2) is 0 Å². The molecule has 1 aromatic heterocycles. The van der Waals surface area contributed by atoms with Gasteiger partial charge in [-0.2, -0.15) is 0 Å². The molecule has 0 spiro atoms. The fourth-order valence-corrected chi connectivity index (χ4v) is 2.25. The second kappa shape index (κ2) is 6.34. The van der Waals surface area contributed by atoms with Crippen molar-refractivity contribution in [3.05, 3.63) is 59.4 Å². The van der Waals surface area contributed by atoms with Gasteiger partial charge in [0.15, 0.2) is 0 Å². The SMILES string of the molecule is CCNC(c1ccncc1)c1cc(C)ccc1OC. The van der Waals surface area contributed by atoms with E-state index in [1.54, 1.807) is 7.11 Å². The van der Waals surface area contributed by atoms with E-state index in [1.807, 2.05) is 30.6 Å². The summed E-state index contributed by atoms with van der Waals surface area (Å²) >= 11 is 0. The van der Waals surface area contributed by atoms with Crippen molar-refractivity contribution in [3.8, 4) is 5.75 Å². The Labute approximate surface area is 114 Å². The molecule has 1 N–H and O–H groups in total. The van der Waals surface area contributed by atoms with Gasteiger partial charge in [-0.1, -0.05) is 24.6 Å². The van der Waals surface area contributed by atoms with Gasteiger partial charge in [0, 0.05) is 18.0 Å². The monoisotopic (exact) mass is 256 g/mol. The maximum atomic E-state index is 5.49. The molecule has 0 saturated carbocycles. The maximum absolute atomic E-state index is 5.49. The fraction of sp³-hybridized carbons (Fsp3) is 0.312. The normalized spacial score (nSPS) is 12.2. The van der Waals surface area contributed by atoms with Gasteiger partial charge in [0.05, 0.1) is 13.2 Å². The summed E-state index contributed by atoms with van der Waals surface area (Å²) in [5.41, 5.74) is 3.59. The van der Waals surface area contributed by atoms with E-state index in [4.69, 9.17) is 4.74 Å². The lowest BCUT2D eigenvalue weighted by Crippen LogP contribution is -2.22. The van der Waals surface area contributed by atoms with Crippen molar-refractivity contribution in [2.45, 2.75) is 19.9 Å². The molecular formula is C16H20N2O. The second-order valence-electron chi connectivity index (χ2n) is 4.52. The lowest BCUT2D eigenvalue weighted by Gasteiger charge is -2.21. The predicted molar refractivity (Wildman–Crippen MR) is 77.5 cm³/mol. The zero-order valence-corrected chi connectivity index (χ0v) is 11.7. The number of aryl methyl sites for hydroxylation is 1. The Morgan fingerprint density at radius 2 is 1.95 bits per heavy atom. The molecular weight excluding hydrogens is 236 g/mol. The highest BCUT2D eigenvalue weighted by atomic mass is 16.5. The summed E-state index contributed by atoms with van der Waals surface area (Å²) in [4.78, 5) is 4.08. The van der Waals surface area contributed by atoms with Crippen LogP contribution in [-0.4, -0.2) is 18.6 Å². The van der Waals surface area contributed by atoms with Crippen LogP contribution in [0.4, 0.5) is 0 Å². The van der Waals surface area contributed by atoms with E-state index in [0.29, 0.717) is 0 Å². The quantitative estimate of drug-likeness (QED) is 0.892. The lowest BCUT2D eigenvalue weighted by molar-refractivity contribution is 0.404. The highest BCUT2D eigenvalue weighted by Crippen LogP contribution is 2.30. The first-order valence-electron chi connectivity index (χ1n) is 6.54. The average Bonchev–Trinajstić information content (AvgIpc) is 2.45. The first-order valence-corrected chi connectivity index (χ1v) is 6.54. The highest BCUT2D eigenvalue weighted by Gasteiger charge is 2.17. The van der Waals surface area contributed by atoms with Crippen molar-refractivity contribution >= 4 is 0 Å². The maximum Gasteiger partial charge on any atom is 0.123 e. The van der Waals surface area contributed by atoms with Gasteiger partial charge in [0.1, 0.15) is 5.75 Å². The van der Waals surface area contributed by atoms with Crippen LogP contribution in [0.25, 0.3) is 0 Å². The third-order valence-corrected chi connectivity index (χ3v) is 3.14. The van der Waals surface area contributed by atoms with Gasteiger partial charge in [0.25, 0.3) is 0 Å². The second-order valence-corrected chi connectivity index (χ2v) is 4.52. The summed E-state index contributed by atoms with van der Waals surface area (Å²) < 4.78 is 5.49. The molecule has 0 bridgehead atoms. The van der Waals surface area contributed by atoms with Gasteiger partial charge in [-0.05, 0) is 37.2 Å². The van der Waals surface area contributed by atoms with Gasteiger partial charge >= 0.3 is 0 Å². The van der Waals surface area contributed by atoms with E-state index in [2.05, 4.69) is 36.3 Å². The van der Waals surface area contributed by atoms with Crippen molar-refractivity contribution in [2.24, 2.45) is 0 Å². The van der Waals surface area contributed by atoms with Crippen LogP contribution in [0.2, 0.25) is 0 Å². The van der Waals surface area contributed by atoms with Crippen LogP contribution in [0, 0.1) is 6.92 Å². The lowest BCUT2D eigenvalue weighted by atomic mass is 9.97. The third kappa shape index (κ3) is 3.12. The molecule has 1 aromatic carbocycles. The Bertz CT molecular complexity index is 526. The number of hydrogen-bond donors (Lipinski definition) is 1. The molecule has 1 heterocycles. The van der Waals surface area contributed by atoms with Crippen molar-refractivity contribution in [2.75, 3.05) is 13.7 Å². The molecule has 0 aliphatic carbocycles. The summed E-state index contributed by atoms with van der Waals surface area (Å²) in [6.45, 7) is 5.10. The number of benzene rings is 1. The minimum absolute atomic E-state index is 0.128. The summed E-state index contributed by atoms with van der Waals surface area (Å²) in [7, 11) is 1.71. The minimum atomic E-state index is 0.128. The zero-order chi connectivity index (χ0) is 13.7. The Morgan fingerprint density at radius 3 is 2.58 bits per heavy atom. The number of hydrogen-bond acceptors (Lipinski definition) is 3. The Kier molecular flexibility index (Phi) is 4.53. The van der Waals surface area contributed by atoms with E-state index >= 15 is 0 Å². The smallest absolute Gasteiger partial charge is 0.123 e. The number of nitrogens with one attached hydrogen (secondary N) is 1. The number of rotatable bonds is 5. The van der Waals surface area contributed by atoms with E-state index in [0.717, 1.165) is 17.9 Å². The summed E-state index contributed by atoms with van der Waals surface area (Å²) in [6, 6.07) is 10.5. The topological polar surface area (TPSA) is 34.2 Å². The van der Waals surface area contributed by atoms with Crippen LogP contribution in [0.15, 0.2) is 42.7 Å². The molecule has 0 fully saturated rings. The molecule has 0 radical (unpaired) electrons. The number of pyridine rings is 1. The molecule has 0 amide bonds. The number of ether oxygens (including phenoxy) is 1. The molecule has 19 heavy (non-hydrogen) atoms. The van der Waals surface area contributed by atoms with E-state index in [1.165, 1.54) is 11.1 Å². The van der Waals surface area contributed by atoms with Gasteiger partial charge < -0.3 is 10.1 Å². The van der Waals surface area contributed by atoms with Gasteiger partial charge in [0.2, 0.25) is 0 Å². The number of aromatic nitrogens is 1. The summed E-state index contributed by atoms with van der Waals surface area (Å²) in [5.74, 6) is 0.911. The third-order valence-electron chi connectivity index (χ3n) is 3.14. The predicted octanol–water partition coefficient (Wildman–Crippen LogP) is 3.10. The molecule has 0 aliphatic heterocycles. The van der Waals surface area contributed by atoms with Crippen LogP contribution in [-0.2, 0) is 0 Å². The van der Waals surface area contributed by atoms with E-state index in [9.17, 15) is 0 Å². The zero-order valence-electron chi connectivity index (χ0n) is 11.7. The van der Waals surface area contributed by atoms with Crippen molar-refractivity contribution in [1.82, 2.24) is 10.3 Å². The number of methoxy groups -OCH3 is 1. The number of nitrogens with zero attached hydrogens (tertiary/aromatic N) is 1. The Hall–Kier alpha value is -1.87. The molecule has 0 aliphatic rings. The fourth-order valence-electron chi connectivity index (χ4n) is 2.25. The van der Waals surface area contributed by atoms with Crippen LogP contribution in [0.5, 0.6) is 5.75 Å². The van der Waals surface area contributed by atoms with Crippen LogP contribution < -0.4 is 10.1 Å². The van der Waals surface area contributed by atoms with Crippen LogP contribution in [0.3, 0.4) is 0 Å². The largest absolute Gasteiger partial charge is 0.496 e. The standard InChI is InChI=1S/C16H20N2O/c1-4-18-16(13-7-9-17-10-8-13)14-11-12(2)5-6-15(14)19-3/h5-11,16,18H,4H2,1-3H3. The first kappa shape index (κ1) is 13.6. The van der Waals surface area contributed by atoms with Crippen molar-refractivity contribution in [3.63, 3.8) is 0 Å².